The average Bonchev–Trinajstić information content (AvgIpc) is 2.53. The molecule has 0 saturated carbocycles. The number of hydrogen-bond acceptors (Lipinski definition) is 4. The summed E-state index contributed by atoms with van der Waals surface area (Å²) in [4.78, 5) is 12.9. The van der Waals surface area contributed by atoms with E-state index in [4.69, 9.17) is 10.5 Å². The van der Waals surface area contributed by atoms with Gasteiger partial charge in [0.15, 0.2) is 6.17 Å². The van der Waals surface area contributed by atoms with Gasteiger partial charge in [-0.25, -0.2) is 0 Å². The second-order valence-corrected chi connectivity index (χ2v) is 7.17. The SMILES string of the molecule is CN(C)[N+]1(C(=O)OC(C)(C)C)CCc2ccccc2CC1N. The highest BCUT2D eigenvalue weighted by Crippen LogP contribution is 2.27. The molecule has 1 heterocycles. The second-order valence-electron chi connectivity index (χ2n) is 7.17. The minimum Gasteiger partial charge on any atom is -0.413 e. The van der Waals surface area contributed by atoms with Crippen LogP contribution >= 0.6 is 0 Å². The number of carbonyl (C=O) groups is 1. The molecular weight excluding hydrogens is 278 g/mol. The molecule has 122 valence electrons. The topological polar surface area (TPSA) is 55.6 Å². The average molecular weight is 306 g/mol. The third-order valence-corrected chi connectivity index (χ3v) is 4.24. The van der Waals surface area contributed by atoms with Gasteiger partial charge in [0.05, 0.1) is 0 Å². The van der Waals surface area contributed by atoms with Crippen molar-refractivity contribution in [2.75, 3.05) is 20.6 Å². The Morgan fingerprint density at radius 1 is 1.27 bits per heavy atom. The molecule has 2 atom stereocenters. The maximum Gasteiger partial charge on any atom is 0.538 e. The first-order valence-corrected chi connectivity index (χ1v) is 7.78. The lowest BCUT2D eigenvalue weighted by atomic mass is 10.0. The first-order chi connectivity index (χ1) is 10.2. The smallest absolute Gasteiger partial charge is 0.413 e. The van der Waals surface area contributed by atoms with Crippen molar-refractivity contribution in [2.45, 2.75) is 45.4 Å². The summed E-state index contributed by atoms with van der Waals surface area (Å²) in [6, 6.07) is 8.27. The maximum absolute atomic E-state index is 12.9. The molecule has 0 aliphatic carbocycles. The lowest BCUT2D eigenvalue weighted by Gasteiger charge is -2.42. The third-order valence-electron chi connectivity index (χ3n) is 4.24. The first kappa shape index (κ1) is 16.9. The molecule has 0 aromatic heterocycles. The largest absolute Gasteiger partial charge is 0.538 e. The van der Waals surface area contributed by atoms with Crippen molar-refractivity contribution in [1.82, 2.24) is 5.01 Å². The minimum atomic E-state index is -0.531. The van der Waals surface area contributed by atoms with Crippen molar-refractivity contribution in [3.05, 3.63) is 35.4 Å². The minimum absolute atomic E-state index is 0.0198. The van der Waals surface area contributed by atoms with Crippen molar-refractivity contribution in [1.29, 1.82) is 0 Å². The number of fused-ring (bicyclic) bond motifs is 1. The molecule has 2 unspecified atom stereocenters. The number of benzene rings is 1. The number of ether oxygens (including phenoxy) is 1. The van der Waals surface area contributed by atoms with E-state index in [9.17, 15) is 4.79 Å². The highest BCUT2D eigenvalue weighted by atomic mass is 16.6. The summed E-state index contributed by atoms with van der Waals surface area (Å²) in [5.74, 6) is 0. The molecule has 22 heavy (non-hydrogen) atoms. The van der Waals surface area contributed by atoms with Crippen LogP contribution < -0.4 is 5.73 Å². The molecule has 1 aliphatic rings. The van der Waals surface area contributed by atoms with Gasteiger partial charge in [-0.1, -0.05) is 24.3 Å². The van der Waals surface area contributed by atoms with Crippen LogP contribution in [0.3, 0.4) is 0 Å². The molecule has 2 rings (SSSR count). The number of nitrogens with zero attached hydrogens (tertiary/aromatic N) is 2. The fourth-order valence-electron chi connectivity index (χ4n) is 3.06. The lowest BCUT2D eigenvalue weighted by Crippen LogP contribution is -2.70. The second kappa shape index (κ2) is 5.99. The third kappa shape index (κ3) is 3.16. The number of amides is 1. The van der Waals surface area contributed by atoms with E-state index in [1.807, 2.05) is 52.0 Å². The summed E-state index contributed by atoms with van der Waals surface area (Å²) in [5, 5.41) is 1.88. The molecule has 2 N–H and O–H groups in total. The summed E-state index contributed by atoms with van der Waals surface area (Å²) in [5.41, 5.74) is 8.44. The van der Waals surface area contributed by atoms with E-state index < -0.39 is 5.60 Å². The van der Waals surface area contributed by atoms with Crippen LogP contribution in [0.5, 0.6) is 0 Å². The first-order valence-electron chi connectivity index (χ1n) is 7.78. The van der Waals surface area contributed by atoms with E-state index in [0.29, 0.717) is 13.0 Å². The fourth-order valence-corrected chi connectivity index (χ4v) is 3.06. The Hall–Kier alpha value is -1.43. The standard InChI is InChI=1S/C17H28N3O2/c1-17(2,3)22-16(21)20(19(4)5)11-10-13-8-6-7-9-14(13)12-15(20)18/h6-9,15H,10-12,18H2,1-5H3/q+1. The van der Waals surface area contributed by atoms with Gasteiger partial charge >= 0.3 is 6.09 Å². The normalized spacial score (nSPS) is 25.5. The molecule has 0 spiro atoms. The van der Waals surface area contributed by atoms with Gasteiger partial charge in [0.25, 0.3) is 0 Å². The molecular formula is C17H28N3O2+. The predicted octanol–water partition coefficient (Wildman–Crippen LogP) is 2.30. The van der Waals surface area contributed by atoms with Gasteiger partial charge in [0, 0.05) is 26.9 Å². The molecule has 0 saturated heterocycles. The van der Waals surface area contributed by atoms with Gasteiger partial charge < -0.3 is 4.74 Å². The monoisotopic (exact) mass is 306 g/mol. The van der Waals surface area contributed by atoms with Crippen molar-refractivity contribution in [2.24, 2.45) is 5.73 Å². The van der Waals surface area contributed by atoms with E-state index in [1.165, 1.54) is 11.1 Å². The molecule has 1 aromatic carbocycles. The van der Waals surface area contributed by atoms with Crippen LogP contribution in [0.2, 0.25) is 0 Å². The Balaban J connectivity index is 2.38. The summed E-state index contributed by atoms with van der Waals surface area (Å²) >= 11 is 0. The Bertz CT molecular complexity index is 551. The van der Waals surface area contributed by atoms with Gasteiger partial charge in [-0.15, -0.1) is 9.60 Å². The molecule has 0 fully saturated rings. The quantitative estimate of drug-likeness (QED) is 0.809. The lowest BCUT2D eigenvalue weighted by molar-refractivity contribution is -0.986. The summed E-state index contributed by atoms with van der Waals surface area (Å²) < 4.78 is 5.70. The molecule has 0 bridgehead atoms. The van der Waals surface area contributed by atoms with Gasteiger partial charge in [-0.05, 0) is 31.9 Å². The molecule has 1 amide bonds. The Labute approximate surface area is 133 Å². The number of rotatable bonds is 1. The van der Waals surface area contributed by atoms with Crippen LogP contribution in [0.1, 0.15) is 31.9 Å². The van der Waals surface area contributed by atoms with Gasteiger partial charge in [0.1, 0.15) is 12.1 Å². The van der Waals surface area contributed by atoms with Crippen LogP contribution in [-0.4, -0.2) is 48.1 Å². The van der Waals surface area contributed by atoms with Crippen LogP contribution in [0, 0.1) is 0 Å². The van der Waals surface area contributed by atoms with Crippen molar-refractivity contribution < 1.29 is 14.1 Å². The van der Waals surface area contributed by atoms with E-state index in [-0.39, 0.29) is 16.9 Å². The summed E-state index contributed by atoms with van der Waals surface area (Å²) in [7, 11) is 3.78. The highest BCUT2D eigenvalue weighted by molar-refractivity contribution is 5.60. The molecule has 5 nitrogen and oxygen atoms in total. The van der Waals surface area contributed by atoms with Gasteiger partial charge in [-0.3, -0.25) is 5.73 Å². The maximum atomic E-state index is 12.9. The molecule has 0 radical (unpaired) electrons. The van der Waals surface area contributed by atoms with E-state index in [1.54, 1.807) is 0 Å². The zero-order chi connectivity index (χ0) is 16.5. The fraction of sp³-hybridized carbons (Fsp3) is 0.588. The Morgan fingerprint density at radius 3 is 2.41 bits per heavy atom. The predicted molar refractivity (Wildman–Crippen MR) is 86.9 cm³/mol. The van der Waals surface area contributed by atoms with Crippen LogP contribution in [0.15, 0.2) is 24.3 Å². The zero-order valence-electron chi connectivity index (χ0n) is 14.3. The van der Waals surface area contributed by atoms with Crippen molar-refractivity contribution in [3.8, 4) is 0 Å². The highest BCUT2D eigenvalue weighted by Gasteiger charge is 2.50. The Morgan fingerprint density at radius 2 is 1.86 bits per heavy atom. The van der Waals surface area contributed by atoms with E-state index in [0.717, 1.165) is 6.42 Å². The number of carbonyl (C=O) groups excluding carboxylic acids is 1. The number of nitrogens with two attached hydrogens (primary N) is 1. The van der Waals surface area contributed by atoms with Crippen LogP contribution in [-0.2, 0) is 17.6 Å². The van der Waals surface area contributed by atoms with Crippen LogP contribution in [0.25, 0.3) is 0 Å². The summed E-state index contributed by atoms with van der Waals surface area (Å²) in [6.45, 7) is 6.26. The van der Waals surface area contributed by atoms with Crippen molar-refractivity contribution in [3.63, 3.8) is 0 Å². The van der Waals surface area contributed by atoms with E-state index in [2.05, 4.69) is 12.1 Å². The van der Waals surface area contributed by atoms with E-state index >= 15 is 0 Å². The number of hydrogen-bond donors (Lipinski definition) is 1. The van der Waals surface area contributed by atoms with Gasteiger partial charge in [-0.2, -0.15) is 4.79 Å². The van der Waals surface area contributed by atoms with Crippen LogP contribution in [0.4, 0.5) is 4.79 Å². The molecule has 1 aromatic rings. The number of quaternary nitrogens is 1. The zero-order valence-corrected chi connectivity index (χ0v) is 14.3. The van der Waals surface area contributed by atoms with Gasteiger partial charge in [0.2, 0.25) is 0 Å². The molecule has 1 aliphatic heterocycles. The Kier molecular flexibility index (Phi) is 4.61. The van der Waals surface area contributed by atoms with Crippen molar-refractivity contribution >= 4 is 6.09 Å². The summed E-state index contributed by atoms with van der Waals surface area (Å²) in [6.07, 6.45) is 0.834. The molecule has 5 heteroatoms.